The molecule has 11 heteroatoms. The zero-order valence-electron chi connectivity index (χ0n) is 25.4. The molecule has 2 saturated heterocycles. The Balaban J connectivity index is 1.12. The number of likely N-dealkylation sites (tertiary alicyclic amines) is 2. The van der Waals surface area contributed by atoms with Gasteiger partial charge in [-0.3, -0.25) is 19.0 Å². The van der Waals surface area contributed by atoms with Crippen LogP contribution in [0.4, 0.5) is 0 Å². The Morgan fingerprint density at radius 3 is 2.47 bits per heavy atom. The number of hydrogen-bond donors (Lipinski definition) is 0. The fraction of sp³-hybridized carbons (Fsp3) is 0.500. The van der Waals surface area contributed by atoms with Crippen LogP contribution in [0.25, 0.3) is 0 Å². The molecule has 1 spiro atoms. The summed E-state index contributed by atoms with van der Waals surface area (Å²) in [4.78, 5) is 30.8. The van der Waals surface area contributed by atoms with E-state index in [0.717, 1.165) is 23.4 Å². The average molecular weight is 583 g/mol. The topological polar surface area (TPSA) is 115 Å². The summed E-state index contributed by atoms with van der Waals surface area (Å²) in [5, 5.41) is 18.0. The Labute approximate surface area is 250 Å². The molecule has 43 heavy (non-hydrogen) atoms. The van der Waals surface area contributed by atoms with Gasteiger partial charge in [0.2, 0.25) is 17.7 Å². The van der Waals surface area contributed by atoms with Crippen LogP contribution in [0.3, 0.4) is 0 Å². The van der Waals surface area contributed by atoms with Crippen LogP contribution in [0, 0.1) is 30.6 Å². The van der Waals surface area contributed by atoms with Gasteiger partial charge >= 0.3 is 0 Å². The first-order valence-corrected chi connectivity index (χ1v) is 15.0. The van der Waals surface area contributed by atoms with Gasteiger partial charge in [0.1, 0.15) is 6.04 Å². The second kappa shape index (κ2) is 9.89. The molecule has 224 valence electrons. The lowest BCUT2D eigenvalue weighted by Crippen LogP contribution is -2.62. The van der Waals surface area contributed by atoms with E-state index in [1.165, 1.54) is 0 Å². The van der Waals surface area contributed by atoms with Gasteiger partial charge in [0.05, 0.1) is 29.9 Å². The third-order valence-electron chi connectivity index (χ3n) is 9.66. The number of amides is 2. The van der Waals surface area contributed by atoms with Crippen LogP contribution >= 0.6 is 0 Å². The van der Waals surface area contributed by atoms with E-state index in [9.17, 15) is 9.59 Å². The second-order valence-corrected chi connectivity index (χ2v) is 13.5. The molecule has 3 aromatic heterocycles. The molecule has 0 N–H and O–H groups in total. The summed E-state index contributed by atoms with van der Waals surface area (Å²) in [6.45, 7) is 12.9. The van der Waals surface area contributed by atoms with Crippen LogP contribution in [0.5, 0.6) is 0 Å². The molecular weight excluding hydrogens is 544 g/mol. The Morgan fingerprint density at radius 1 is 1.07 bits per heavy atom. The van der Waals surface area contributed by atoms with E-state index in [0.29, 0.717) is 50.1 Å². The third-order valence-corrected chi connectivity index (χ3v) is 9.66. The highest BCUT2D eigenvalue weighted by molar-refractivity contribution is 5.94. The van der Waals surface area contributed by atoms with Gasteiger partial charge in [-0.05, 0) is 44.2 Å². The number of carbonyl (C=O) groups is 2. The van der Waals surface area contributed by atoms with Gasteiger partial charge < -0.3 is 14.2 Å². The summed E-state index contributed by atoms with van der Waals surface area (Å²) in [7, 11) is 0. The SMILES string of the molecule is Cc1cc(C)n(C(C)c2nnc(C3CN(C(=O)c4cnn(Cc5ccccc5)c4)CC34CN(C(=O)[C@H]3CC3(C)C)C4)o2)n1. The van der Waals surface area contributed by atoms with Gasteiger partial charge in [0.25, 0.3) is 5.91 Å². The Bertz CT molecular complexity index is 1680. The predicted molar refractivity (Wildman–Crippen MR) is 157 cm³/mol. The maximum absolute atomic E-state index is 13.8. The van der Waals surface area contributed by atoms with Crippen LogP contribution in [-0.2, 0) is 11.3 Å². The summed E-state index contributed by atoms with van der Waals surface area (Å²) in [6.07, 6.45) is 4.37. The first-order chi connectivity index (χ1) is 20.5. The second-order valence-electron chi connectivity index (χ2n) is 13.5. The average Bonchev–Trinajstić information content (AvgIpc) is 3.53. The molecule has 1 aromatic carbocycles. The normalized spacial score (nSPS) is 22.5. The van der Waals surface area contributed by atoms with Crippen LogP contribution in [0.1, 0.15) is 78.2 Å². The molecule has 4 aromatic rings. The van der Waals surface area contributed by atoms with E-state index in [4.69, 9.17) is 4.42 Å². The summed E-state index contributed by atoms with van der Waals surface area (Å²) in [5.74, 6) is 1.03. The van der Waals surface area contributed by atoms with Gasteiger partial charge in [0, 0.05) is 49.4 Å². The van der Waals surface area contributed by atoms with Gasteiger partial charge in [-0.15, -0.1) is 10.2 Å². The lowest BCUT2D eigenvalue weighted by molar-refractivity contribution is -0.146. The number of carbonyl (C=O) groups excluding carboxylic acids is 2. The first kappa shape index (κ1) is 27.5. The van der Waals surface area contributed by atoms with Crippen molar-refractivity contribution in [3.05, 3.63) is 83.1 Å². The minimum atomic E-state index is -0.338. The molecule has 0 radical (unpaired) electrons. The maximum Gasteiger partial charge on any atom is 0.257 e. The minimum Gasteiger partial charge on any atom is -0.423 e. The van der Waals surface area contributed by atoms with Crippen molar-refractivity contribution in [1.29, 1.82) is 0 Å². The molecule has 1 saturated carbocycles. The highest BCUT2D eigenvalue weighted by atomic mass is 16.4. The molecule has 0 bridgehead atoms. The number of nitrogens with zero attached hydrogens (tertiary/aromatic N) is 8. The highest BCUT2D eigenvalue weighted by Crippen LogP contribution is 2.55. The van der Waals surface area contributed by atoms with E-state index >= 15 is 0 Å². The zero-order valence-corrected chi connectivity index (χ0v) is 25.4. The van der Waals surface area contributed by atoms with Crippen LogP contribution in [0.2, 0.25) is 0 Å². The molecule has 3 aliphatic rings. The molecule has 11 nitrogen and oxygen atoms in total. The van der Waals surface area contributed by atoms with Crippen LogP contribution < -0.4 is 0 Å². The summed E-state index contributed by atoms with van der Waals surface area (Å²) in [6, 6.07) is 11.8. The predicted octanol–water partition coefficient (Wildman–Crippen LogP) is 3.85. The van der Waals surface area contributed by atoms with E-state index in [-0.39, 0.29) is 40.5 Å². The zero-order chi connectivity index (χ0) is 30.1. The molecule has 2 amide bonds. The lowest BCUT2D eigenvalue weighted by atomic mass is 9.71. The lowest BCUT2D eigenvalue weighted by Gasteiger charge is -2.50. The molecule has 2 aliphatic heterocycles. The Morgan fingerprint density at radius 2 is 1.79 bits per heavy atom. The molecular formula is C32H38N8O3. The molecule has 5 heterocycles. The number of aryl methyl sites for hydroxylation is 2. The van der Waals surface area contributed by atoms with Gasteiger partial charge in [0.15, 0.2) is 0 Å². The smallest absolute Gasteiger partial charge is 0.257 e. The first-order valence-electron chi connectivity index (χ1n) is 15.0. The van der Waals surface area contributed by atoms with Gasteiger partial charge in [-0.1, -0.05) is 44.2 Å². The molecule has 3 atom stereocenters. The number of hydrogen-bond acceptors (Lipinski definition) is 7. The van der Waals surface area contributed by atoms with Crippen molar-refractivity contribution in [3.63, 3.8) is 0 Å². The van der Waals surface area contributed by atoms with E-state index < -0.39 is 0 Å². The Hall–Kier alpha value is -4.28. The summed E-state index contributed by atoms with van der Waals surface area (Å²) in [5.41, 5.74) is 3.33. The van der Waals surface area contributed by atoms with Gasteiger partial charge in [-0.25, -0.2) is 0 Å². The largest absolute Gasteiger partial charge is 0.423 e. The highest BCUT2D eigenvalue weighted by Gasteiger charge is 2.61. The van der Waals surface area contributed by atoms with Crippen molar-refractivity contribution >= 4 is 11.8 Å². The van der Waals surface area contributed by atoms with Crippen LogP contribution in [0.15, 0.2) is 53.2 Å². The van der Waals surface area contributed by atoms with Crippen molar-refractivity contribution in [1.82, 2.24) is 39.6 Å². The van der Waals surface area contributed by atoms with Gasteiger partial charge in [-0.2, -0.15) is 10.2 Å². The Kier molecular flexibility index (Phi) is 6.33. The quantitative estimate of drug-likeness (QED) is 0.325. The number of rotatable bonds is 7. The van der Waals surface area contributed by atoms with Crippen molar-refractivity contribution in [2.45, 2.75) is 59.5 Å². The van der Waals surface area contributed by atoms with E-state index in [2.05, 4.69) is 34.2 Å². The third kappa shape index (κ3) is 4.84. The summed E-state index contributed by atoms with van der Waals surface area (Å²) < 4.78 is 10.0. The number of benzene rings is 1. The van der Waals surface area contributed by atoms with Crippen molar-refractivity contribution in [2.75, 3.05) is 26.2 Å². The van der Waals surface area contributed by atoms with Crippen molar-refractivity contribution in [3.8, 4) is 0 Å². The summed E-state index contributed by atoms with van der Waals surface area (Å²) >= 11 is 0. The van der Waals surface area contributed by atoms with Crippen molar-refractivity contribution < 1.29 is 14.0 Å². The molecule has 1 aliphatic carbocycles. The fourth-order valence-corrected chi connectivity index (χ4v) is 6.98. The molecule has 3 fully saturated rings. The fourth-order valence-electron chi connectivity index (χ4n) is 6.98. The minimum absolute atomic E-state index is 0.0668. The van der Waals surface area contributed by atoms with E-state index in [1.807, 2.05) is 77.8 Å². The molecule has 2 unspecified atom stereocenters. The maximum atomic E-state index is 13.8. The van der Waals surface area contributed by atoms with Crippen LogP contribution in [-0.4, -0.2) is 77.6 Å². The van der Waals surface area contributed by atoms with E-state index in [1.54, 1.807) is 10.9 Å². The monoisotopic (exact) mass is 582 g/mol. The number of aromatic nitrogens is 6. The standard InChI is InChI=1S/C32H38N8O3/c1-20-11-21(2)40(36-20)22(3)27-34-35-28(43-27)26-16-37(17-32(26)18-38(19-32)30(42)25-12-31(25,4)5)29(41)24-13-33-39(15-24)14-23-9-7-6-8-10-23/h6-11,13,15,22,25-26H,12,14,16-19H2,1-5H3/t22?,25-,26?/m1/s1. The molecule has 7 rings (SSSR count). The van der Waals surface area contributed by atoms with Crippen molar-refractivity contribution in [2.24, 2.45) is 16.7 Å².